The third-order valence-corrected chi connectivity index (χ3v) is 3.06. The molecule has 0 N–H and O–H groups in total. The first kappa shape index (κ1) is 17.2. The molecule has 0 bridgehead atoms. The number of ether oxygens (including phenoxy) is 2. The highest BCUT2D eigenvalue weighted by atomic mass is 16.5. The molecule has 0 saturated heterocycles. The van der Waals surface area contributed by atoms with Gasteiger partial charge in [-0.1, -0.05) is 51.1 Å². The Labute approximate surface area is 126 Å². The molecule has 1 atom stereocenters. The molecule has 0 aromatic heterocycles. The van der Waals surface area contributed by atoms with Gasteiger partial charge in [0.25, 0.3) is 0 Å². The molecule has 4 heteroatoms. The molecule has 0 amide bonds. The first-order valence-electron chi connectivity index (χ1n) is 7.35. The second-order valence-electron chi connectivity index (χ2n) is 5.60. The number of hydrogen-bond acceptors (Lipinski definition) is 4. The summed E-state index contributed by atoms with van der Waals surface area (Å²) in [6.07, 6.45) is 0.893. The lowest BCUT2D eigenvalue weighted by molar-refractivity contribution is -0.155. The van der Waals surface area contributed by atoms with Crippen molar-refractivity contribution in [1.29, 1.82) is 0 Å². The second-order valence-corrected chi connectivity index (χ2v) is 5.60. The van der Waals surface area contributed by atoms with Gasteiger partial charge in [0.15, 0.2) is 0 Å². The fourth-order valence-corrected chi connectivity index (χ4v) is 1.67. The number of hydrogen-bond donors (Lipinski definition) is 0. The average molecular weight is 292 g/mol. The quantitative estimate of drug-likeness (QED) is 0.689. The number of rotatable bonds is 8. The molecule has 0 radical (unpaired) electrons. The van der Waals surface area contributed by atoms with Crippen molar-refractivity contribution < 1.29 is 19.1 Å². The van der Waals surface area contributed by atoms with E-state index < -0.39 is 5.92 Å². The van der Waals surface area contributed by atoms with Crippen LogP contribution in [0.25, 0.3) is 0 Å². The third-order valence-electron chi connectivity index (χ3n) is 3.06. The van der Waals surface area contributed by atoms with Crippen molar-refractivity contribution in [2.24, 2.45) is 11.8 Å². The molecule has 1 rings (SSSR count). The second kappa shape index (κ2) is 9.16. The molecule has 0 saturated carbocycles. The van der Waals surface area contributed by atoms with E-state index in [0.29, 0.717) is 12.5 Å². The summed E-state index contributed by atoms with van der Waals surface area (Å²) in [7, 11) is 0. The number of carbonyl (C=O) groups excluding carboxylic acids is 2. The Morgan fingerprint density at radius 3 is 2.33 bits per heavy atom. The third kappa shape index (κ3) is 7.49. The van der Waals surface area contributed by atoms with E-state index >= 15 is 0 Å². The maximum Gasteiger partial charge on any atom is 0.309 e. The molecule has 0 fully saturated rings. The molecule has 0 unspecified atom stereocenters. The normalized spacial score (nSPS) is 12.0. The molecule has 4 nitrogen and oxygen atoms in total. The zero-order valence-corrected chi connectivity index (χ0v) is 13.0. The smallest absolute Gasteiger partial charge is 0.309 e. The molecule has 0 heterocycles. The Bertz CT molecular complexity index is 439. The van der Waals surface area contributed by atoms with Crippen LogP contribution >= 0.6 is 0 Å². The molecular formula is C17H24O4. The van der Waals surface area contributed by atoms with E-state index in [2.05, 4.69) is 13.8 Å². The van der Waals surface area contributed by atoms with Crippen LogP contribution in [0.2, 0.25) is 0 Å². The van der Waals surface area contributed by atoms with Crippen LogP contribution in [0.15, 0.2) is 30.3 Å². The highest BCUT2D eigenvalue weighted by Crippen LogP contribution is 2.09. The Balaban J connectivity index is 2.25. The molecular weight excluding hydrogens is 268 g/mol. The van der Waals surface area contributed by atoms with Gasteiger partial charge in [-0.15, -0.1) is 0 Å². The molecule has 0 spiro atoms. The van der Waals surface area contributed by atoms with Crippen LogP contribution < -0.4 is 0 Å². The van der Waals surface area contributed by atoms with E-state index in [1.807, 2.05) is 30.3 Å². The standard InChI is InChI=1S/C17H24O4/c1-13(2)9-10-20-16(18)11-14(3)17(19)21-12-15-7-5-4-6-8-15/h4-8,13-14H,9-12H2,1-3H3/t14-/m0/s1. The number of esters is 2. The highest BCUT2D eigenvalue weighted by Gasteiger charge is 2.19. The van der Waals surface area contributed by atoms with E-state index in [4.69, 9.17) is 9.47 Å². The minimum atomic E-state index is -0.486. The van der Waals surface area contributed by atoms with Crippen LogP contribution in [0.5, 0.6) is 0 Å². The minimum Gasteiger partial charge on any atom is -0.466 e. The maximum absolute atomic E-state index is 11.8. The van der Waals surface area contributed by atoms with Crippen molar-refractivity contribution in [2.45, 2.75) is 40.2 Å². The van der Waals surface area contributed by atoms with Crippen LogP contribution in [0.1, 0.15) is 39.2 Å². The molecule has 1 aromatic carbocycles. The number of carbonyl (C=O) groups is 2. The van der Waals surface area contributed by atoms with Crippen molar-refractivity contribution in [2.75, 3.05) is 6.61 Å². The lowest BCUT2D eigenvalue weighted by atomic mass is 10.1. The van der Waals surface area contributed by atoms with Crippen molar-refractivity contribution in [1.82, 2.24) is 0 Å². The fraction of sp³-hybridized carbons (Fsp3) is 0.529. The Morgan fingerprint density at radius 1 is 1.05 bits per heavy atom. The van der Waals surface area contributed by atoms with Crippen molar-refractivity contribution in [3.8, 4) is 0 Å². The van der Waals surface area contributed by atoms with Gasteiger partial charge in [0.1, 0.15) is 6.61 Å². The summed E-state index contributed by atoms with van der Waals surface area (Å²) in [5.41, 5.74) is 0.928. The monoisotopic (exact) mass is 292 g/mol. The molecule has 0 aliphatic carbocycles. The maximum atomic E-state index is 11.8. The van der Waals surface area contributed by atoms with Crippen molar-refractivity contribution in [3.63, 3.8) is 0 Å². The summed E-state index contributed by atoms with van der Waals surface area (Å²) in [4.78, 5) is 23.4. The molecule has 0 aliphatic heterocycles. The SMILES string of the molecule is CC(C)CCOC(=O)C[C@H](C)C(=O)OCc1ccccc1. The summed E-state index contributed by atoms with van der Waals surface area (Å²) >= 11 is 0. The predicted octanol–water partition coefficient (Wildman–Crippen LogP) is 3.35. The molecule has 116 valence electrons. The summed E-state index contributed by atoms with van der Waals surface area (Å²) < 4.78 is 10.3. The predicted molar refractivity (Wildman–Crippen MR) is 80.4 cm³/mol. The van der Waals surface area contributed by atoms with Crippen LogP contribution in [0, 0.1) is 11.8 Å². The average Bonchev–Trinajstić information content (AvgIpc) is 2.45. The molecule has 21 heavy (non-hydrogen) atoms. The van der Waals surface area contributed by atoms with Gasteiger partial charge < -0.3 is 9.47 Å². The largest absolute Gasteiger partial charge is 0.466 e. The fourth-order valence-electron chi connectivity index (χ4n) is 1.67. The Kier molecular flexibility index (Phi) is 7.51. The lowest BCUT2D eigenvalue weighted by Crippen LogP contribution is -2.20. The Morgan fingerprint density at radius 2 is 1.71 bits per heavy atom. The minimum absolute atomic E-state index is 0.0612. The highest BCUT2D eigenvalue weighted by molar-refractivity contribution is 5.79. The van der Waals surface area contributed by atoms with Gasteiger partial charge in [-0.2, -0.15) is 0 Å². The van der Waals surface area contributed by atoms with Crippen LogP contribution in [0.3, 0.4) is 0 Å². The van der Waals surface area contributed by atoms with Gasteiger partial charge in [0.05, 0.1) is 18.9 Å². The van der Waals surface area contributed by atoms with Crippen molar-refractivity contribution in [3.05, 3.63) is 35.9 Å². The van der Waals surface area contributed by atoms with Crippen LogP contribution in [0.4, 0.5) is 0 Å². The summed E-state index contributed by atoms with van der Waals surface area (Å²) in [6.45, 7) is 6.44. The van der Waals surface area contributed by atoms with Crippen LogP contribution in [-0.2, 0) is 25.7 Å². The lowest BCUT2D eigenvalue weighted by Gasteiger charge is -2.12. The van der Waals surface area contributed by atoms with Crippen molar-refractivity contribution >= 4 is 11.9 Å². The molecule has 0 aliphatic rings. The van der Waals surface area contributed by atoms with Gasteiger partial charge in [-0.3, -0.25) is 9.59 Å². The van der Waals surface area contributed by atoms with Gasteiger partial charge in [0, 0.05) is 0 Å². The van der Waals surface area contributed by atoms with Gasteiger partial charge >= 0.3 is 11.9 Å². The topological polar surface area (TPSA) is 52.6 Å². The number of benzene rings is 1. The summed E-state index contributed by atoms with van der Waals surface area (Å²) in [5.74, 6) is -0.717. The van der Waals surface area contributed by atoms with E-state index in [0.717, 1.165) is 12.0 Å². The van der Waals surface area contributed by atoms with Gasteiger partial charge in [0.2, 0.25) is 0 Å². The zero-order valence-electron chi connectivity index (χ0n) is 13.0. The first-order valence-corrected chi connectivity index (χ1v) is 7.35. The molecule has 1 aromatic rings. The van der Waals surface area contributed by atoms with E-state index in [9.17, 15) is 9.59 Å². The van der Waals surface area contributed by atoms with Gasteiger partial charge in [-0.25, -0.2) is 0 Å². The van der Waals surface area contributed by atoms with E-state index in [1.54, 1.807) is 6.92 Å². The zero-order chi connectivity index (χ0) is 15.7. The van der Waals surface area contributed by atoms with E-state index in [1.165, 1.54) is 0 Å². The summed E-state index contributed by atoms with van der Waals surface area (Å²) in [6, 6.07) is 9.45. The van der Waals surface area contributed by atoms with Gasteiger partial charge in [-0.05, 0) is 17.9 Å². The van der Waals surface area contributed by atoms with Crippen LogP contribution in [-0.4, -0.2) is 18.5 Å². The first-order chi connectivity index (χ1) is 9.99. The Hall–Kier alpha value is -1.84. The summed E-state index contributed by atoms with van der Waals surface area (Å²) in [5, 5.41) is 0. The van der Waals surface area contributed by atoms with E-state index in [-0.39, 0.29) is 25.0 Å².